The number of isocyanates is 2. The van der Waals surface area contributed by atoms with Gasteiger partial charge in [0.25, 0.3) is 0 Å². The second-order valence-electron chi connectivity index (χ2n) is 5.33. The summed E-state index contributed by atoms with van der Waals surface area (Å²) in [4.78, 5) is 27.3. The van der Waals surface area contributed by atoms with E-state index in [0.717, 1.165) is 32.1 Å². The van der Waals surface area contributed by atoms with Crippen LogP contribution < -0.4 is 0 Å². The summed E-state index contributed by atoms with van der Waals surface area (Å²) >= 11 is 0. The van der Waals surface area contributed by atoms with E-state index < -0.39 is 0 Å². The van der Waals surface area contributed by atoms with Crippen molar-refractivity contribution in [3.63, 3.8) is 0 Å². The number of nitrogens with zero attached hydrogens (tertiary/aromatic N) is 2. The lowest BCUT2D eigenvalue weighted by Crippen LogP contribution is -2.06. The zero-order valence-corrected chi connectivity index (χ0v) is 12.9. The van der Waals surface area contributed by atoms with Gasteiger partial charge in [0, 0.05) is 6.61 Å². The Morgan fingerprint density at radius 1 is 0.762 bits per heavy atom. The van der Waals surface area contributed by atoms with Crippen molar-refractivity contribution in [2.24, 2.45) is 9.98 Å². The maximum atomic E-state index is 10.2. The van der Waals surface area contributed by atoms with E-state index in [-0.39, 0.29) is 12.6 Å². The van der Waals surface area contributed by atoms with Gasteiger partial charge in [0.1, 0.15) is 0 Å². The Kier molecular flexibility index (Phi) is 15.8. The molecule has 120 valence electrons. The number of carbonyl (C=O) groups excluding carboxylic acids is 2. The lowest BCUT2D eigenvalue weighted by molar-refractivity contribution is 0.272. The number of hydrogen-bond acceptors (Lipinski definition) is 5. The molecule has 0 aromatic rings. The van der Waals surface area contributed by atoms with E-state index in [1.165, 1.54) is 32.1 Å². The highest BCUT2D eigenvalue weighted by Gasteiger charge is 2.05. The van der Waals surface area contributed by atoms with E-state index in [4.69, 9.17) is 5.11 Å². The quantitative estimate of drug-likeness (QED) is 0.286. The van der Waals surface area contributed by atoms with Gasteiger partial charge in [-0.05, 0) is 19.3 Å². The van der Waals surface area contributed by atoms with Gasteiger partial charge in [-0.15, -0.1) is 0 Å². The van der Waals surface area contributed by atoms with Crippen LogP contribution >= 0.6 is 0 Å². The fourth-order valence-corrected chi connectivity index (χ4v) is 2.35. The molecule has 0 rings (SSSR count). The van der Waals surface area contributed by atoms with Crippen LogP contribution in [0.4, 0.5) is 0 Å². The first-order valence-electron chi connectivity index (χ1n) is 8.06. The molecule has 1 atom stereocenters. The smallest absolute Gasteiger partial charge is 0.235 e. The minimum Gasteiger partial charge on any atom is -0.396 e. The van der Waals surface area contributed by atoms with Crippen molar-refractivity contribution in [2.75, 3.05) is 13.2 Å². The number of aliphatic hydroxyl groups is 1. The molecule has 0 saturated carbocycles. The highest BCUT2D eigenvalue weighted by molar-refractivity contribution is 5.33. The first kappa shape index (κ1) is 19.7. The summed E-state index contributed by atoms with van der Waals surface area (Å²) < 4.78 is 0. The molecule has 1 unspecified atom stereocenters. The summed E-state index contributed by atoms with van der Waals surface area (Å²) in [5.74, 6) is 0. The van der Waals surface area contributed by atoms with Gasteiger partial charge in [-0.25, -0.2) is 19.6 Å². The predicted molar refractivity (Wildman–Crippen MR) is 82.8 cm³/mol. The van der Waals surface area contributed by atoms with Gasteiger partial charge in [-0.1, -0.05) is 51.4 Å². The third-order valence-electron chi connectivity index (χ3n) is 3.57. The Morgan fingerprint density at radius 2 is 1.33 bits per heavy atom. The summed E-state index contributed by atoms with van der Waals surface area (Å²) in [7, 11) is 0. The number of aliphatic hydroxyl groups excluding tert-OH is 1. The van der Waals surface area contributed by atoms with Crippen LogP contribution in [-0.4, -0.2) is 36.5 Å². The van der Waals surface area contributed by atoms with Crippen LogP contribution in [0.15, 0.2) is 9.98 Å². The molecule has 0 fully saturated rings. The number of hydrogen-bond donors (Lipinski definition) is 1. The van der Waals surface area contributed by atoms with Gasteiger partial charge < -0.3 is 5.11 Å². The molecule has 5 nitrogen and oxygen atoms in total. The van der Waals surface area contributed by atoms with Crippen LogP contribution in [0.25, 0.3) is 0 Å². The van der Waals surface area contributed by atoms with Gasteiger partial charge in [0.05, 0.1) is 12.6 Å². The Hall–Kier alpha value is -1.28. The highest BCUT2D eigenvalue weighted by atomic mass is 16.3. The summed E-state index contributed by atoms with van der Waals surface area (Å²) in [6.07, 6.45) is 15.1. The molecule has 0 radical (unpaired) electrons. The van der Waals surface area contributed by atoms with Gasteiger partial charge >= 0.3 is 0 Å². The maximum absolute atomic E-state index is 10.2. The van der Waals surface area contributed by atoms with Crippen LogP contribution in [0.1, 0.15) is 70.6 Å². The Morgan fingerprint density at radius 3 is 1.86 bits per heavy atom. The van der Waals surface area contributed by atoms with Gasteiger partial charge in [-0.3, -0.25) is 0 Å². The molecule has 1 N–H and O–H groups in total. The monoisotopic (exact) mass is 296 g/mol. The normalized spacial score (nSPS) is 11.5. The van der Waals surface area contributed by atoms with Crippen molar-refractivity contribution in [1.82, 2.24) is 0 Å². The fraction of sp³-hybridized carbons (Fsp3) is 0.875. The van der Waals surface area contributed by atoms with Crippen LogP contribution in [0, 0.1) is 0 Å². The van der Waals surface area contributed by atoms with Crippen molar-refractivity contribution in [1.29, 1.82) is 0 Å². The molecule has 0 aromatic carbocycles. The molecule has 21 heavy (non-hydrogen) atoms. The molecule has 0 spiro atoms. The van der Waals surface area contributed by atoms with E-state index in [0.29, 0.717) is 13.0 Å². The molecule has 0 bridgehead atoms. The maximum Gasteiger partial charge on any atom is 0.235 e. The van der Waals surface area contributed by atoms with E-state index in [9.17, 15) is 9.59 Å². The second-order valence-corrected chi connectivity index (χ2v) is 5.33. The molecule has 0 saturated heterocycles. The molecule has 5 heteroatoms. The summed E-state index contributed by atoms with van der Waals surface area (Å²) in [6.45, 7) is 0.690. The number of aliphatic imine (C=N–C) groups is 2. The van der Waals surface area contributed by atoms with Crippen LogP contribution in [-0.2, 0) is 9.59 Å². The largest absolute Gasteiger partial charge is 0.396 e. The van der Waals surface area contributed by atoms with Crippen molar-refractivity contribution in [2.45, 2.75) is 76.7 Å². The molecular formula is C16H28N2O3. The molecule has 0 heterocycles. The standard InChI is InChI=1S/C16H28N2O3/c19-13-11-16(18-15-21)10-8-6-4-2-1-3-5-7-9-12-17-14-20/h16,19H,1-13H2. The Bertz CT molecular complexity index is 321. The number of rotatable bonds is 15. The zero-order chi connectivity index (χ0) is 15.6. The fourth-order valence-electron chi connectivity index (χ4n) is 2.35. The summed E-state index contributed by atoms with van der Waals surface area (Å²) in [5.41, 5.74) is 0. The zero-order valence-electron chi connectivity index (χ0n) is 12.9. The summed E-state index contributed by atoms with van der Waals surface area (Å²) in [6, 6.07) is -0.0541. The lowest BCUT2D eigenvalue weighted by atomic mass is 10.0. The highest BCUT2D eigenvalue weighted by Crippen LogP contribution is 2.13. The summed E-state index contributed by atoms with van der Waals surface area (Å²) in [5, 5.41) is 8.84. The molecule has 0 amide bonds. The Labute approximate surface area is 127 Å². The van der Waals surface area contributed by atoms with Gasteiger partial charge in [-0.2, -0.15) is 0 Å². The van der Waals surface area contributed by atoms with E-state index in [1.54, 1.807) is 12.2 Å². The lowest BCUT2D eigenvalue weighted by Gasteiger charge is -2.08. The predicted octanol–water partition coefficient (Wildman–Crippen LogP) is 3.31. The van der Waals surface area contributed by atoms with Crippen molar-refractivity contribution < 1.29 is 14.7 Å². The first-order valence-corrected chi connectivity index (χ1v) is 8.06. The molecule has 0 aromatic heterocycles. The average molecular weight is 296 g/mol. The SMILES string of the molecule is O=C=NCCCCCCCCCCCC(CCO)N=C=O. The van der Waals surface area contributed by atoms with Crippen LogP contribution in [0.5, 0.6) is 0 Å². The average Bonchev–Trinajstić information content (AvgIpc) is 2.48. The number of unbranched alkanes of at least 4 members (excludes halogenated alkanes) is 8. The van der Waals surface area contributed by atoms with Crippen molar-refractivity contribution in [3.8, 4) is 0 Å². The third kappa shape index (κ3) is 14.9. The van der Waals surface area contributed by atoms with E-state index in [2.05, 4.69) is 9.98 Å². The minimum absolute atomic E-state index is 0.0541. The topological polar surface area (TPSA) is 79.1 Å². The van der Waals surface area contributed by atoms with Gasteiger partial charge in [0.15, 0.2) is 0 Å². The minimum atomic E-state index is -0.0541. The van der Waals surface area contributed by atoms with E-state index in [1.807, 2.05) is 0 Å². The van der Waals surface area contributed by atoms with Crippen LogP contribution in [0.2, 0.25) is 0 Å². The molecule has 0 aliphatic carbocycles. The molecule has 0 aliphatic heterocycles. The first-order chi connectivity index (χ1) is 10.3. The van der Waals surface area contributed by atoms with Crippen molar-refractivity contribution >= 4 is 12.2 Å². The van der Waals surface area contributed by atoms with E-state index >= 15 is 0 Å². The van der Waals surface area contributed by atoms with Crippen molar-refractivity contribution in [3.05, 3.63) is 0 Å². The van der Waals surface area contributed by atoms with Crippen LogP contribution in [0.3, 0.4) is 0 Å². The third-order valence-corrected chi connectivity index (χ3v) is 3.57. The van der Waals surface area contributed by atoms with Gasteiger partial charge in [0.2, 0.25) is 12.2 Å². The Balaban J connectivity index is 3.28. The molecular weight excluding hydrogens is 268 g/mol. The molecule has 0 aliphatic rings. The second kappa shape index (κ2) is 16.8.